The average molecular weight is 282 g/mol. The standard InChI is InChI=1S/C9H4Cl2F3N3/c10-3-1-4-6(5(11)2-3)16-8(9(12,13)14)17-7(4)15/h1-2H,(H2,15,16,17). The van der Waals surface area contributed by atoms with Crippen molar-refractivity contribution in [3.63, 3.8) is 0 Å². The normalized spacial score (nSPS) is 12.1. The summed E-state index contributed by atoms with van der Waals surface area (Å²) < 4.78 is 37.4. The zero-order chi connectivity index (χ0) is 12.8. The molecule has 0 atom stereocenters. The van der Waals surface area contributed by atoms with Gasteiger partial charge in [-0.15, -0.1) is 0 Å². The molecule has 2 N–H and O–H groups in total. The summed E-state index contributed by atoms with van der Waals surface area (Å²) >= 11 is 11.5. The summed E-state index contributed by atoms with van der Waals surface area (Å²) in [5.41, 5.74) is 5.35. The molecule has 1 aromatic heterocycles. The number of alkyl halides is 3. The van der Waals surface area contributed by atoms with Crippen LogP contribution in [-0.4, -0.2) is 9.97 Å². The van der Waals surface area contributed by atoms with Crippen LogP contribution in [0.15, 0.2) is 12.1 Å². The van der Waals surface area contributed by atoms with Gasteiger partial charge in [-0.1, -0.05) is 23.2 Å². The smallest absolute Gasteiger partial charge is 0.383 e. The minimum Gasteiger partial charge on any atom is -0.383 e. The Bertz CT molecular complexity index is 598. The first kappa shape index (κ1) is 12.2. The van der Waals surface area contributed by atoms with Crippen molar-refractivity contribution in [1.82, 2.24) is 9.97 Å². The van der Waals surface area contributed by atoms with Crippen molar-refractivity contribution < 1.29 is 13.2 Å². The lowest BCUT2D eigenvalue weighted by atomic mass is 10.2. The van der Waals surface area contributed by atoms with Crippen LogP contribution in [0.4, 0.5) is 19.0 Å². The van der Waals surface area contributed by atoms with E-state index in [1.165, 1.54) is 12.1 Å². The van der Waals surface area contributed by atoms with Crippen LogP contribution in [0.25, 0.3) is 10.9 Å². The lowest BCUT2D eigenvalue weighted by Crippen LogP contribution is -2.12. The average Bonchev–Trinajstić information content (AvgIpc) is 2.17. The number of hydrogen-bond donors (Lipinski definition) is 1. The first-order valence-electron chi connectivity index (χ1n) is 4.28. The Labute approximate surface area is 103 Å². The number of nitrogens with zero attached hydrogens (tertiary/aromatic N) is 2. The molecule has 1 aromatic carbocycles. The van der Waals surface area contributed by atoms with E-state index in [1.54, 1.807) is 0 Å². The largest absolute Gasteiger partial charge is 0.451 e. The second-order valence-corrected chi connectivity index (χ2v) is 4.06. The molecular formula is C9H4Cl2F3N3. The molecule has 8 heteroatoms. The molecule has 0 amide bonds. The number of halogens is 5. The summed E-state index contributed by atoms with van der Waals surface area (Å²) in [5.74, 6) is -1.64. The fourth-order valence-corrected chi connectivity index (χ4v) is 1.84. The number of nitrogens with two attached hydrogens (primary N) is 1. The van der Waals surface area contributed by atoms with Gasteiger partial charge >= 0.3 is 6.18 Å². The molecule has 0 aliphatic rings. The van der Waals surface area contributed by atoms with Crippen LogP contribution in [0.3, 0.4) is 0 Å². The molecule has 0 fully saturated rings. The summed E-state index contributed by atoms with van der Waals surface area (Å²) in [4.78, 5) is 6.52. The number of anilines is 1. The molecule has 1 heterocycles. The molecule has 0 aliphatic carbocycles. The van der Waals surface area contributed by atoms with Gasteiger partial charge in [0, 0.05) is 10.4 Å². The van der Waals surface area contributed by atoms with E-state index in [1.807, 2.05) is 0 Å². The number of benzene rings is 1. The van der Waals surface area contributed by atoms with E-state index >= 15 is 0 Å². The molecule has 0 saturated carbocycles. The van der Waals surface area contributed by atoms with Gasteiger partial charge in [0.1, 0.15) is 5.82 Å². The van der Waals surface area contributed by atoms with Gasteiger partial charge in [0.05, 0.1) is 10.5 Å². The third-order valence-corrected chi connectivity index (χ3v) is 2.51. The first-order chi connectivity index (χ1) is 7.79. The third kappa shape index (κ3) is 2.23. The van der Waals surface area contributed by atoms with Crippen molar-refractivity contribution in [2.75, 3.05) is 5.73 Å². The van der Waals surface area contributed by atoms with Crippen molar-refractivity contribution in [1.29, 1.82) is 0 Å². The van der Waals surface area contributed by atoms with Crippen LogP contribution in [0, 0.1) is 0 Å². The summed E-state index contributed by atoms with van der Waals surface area (Å²) in [6, 6.07) is 2.65. The molecule has 0 unspecified atom stereocenters. The fourth-order valence-electron chi connectivity index (χ4n) is 1.31. The Hall–Kier alpha value is -1.27. The van der Waals surface area contributed by atoms with E-state index in [4.69, 9.17) is 28.9 Å². The van der Waals surface area contributed by atoms with E-state index in [-0.39, 0.29) is 26.8 Å². The van der Waals surface area contributed by atoms with Crippen molar-refractivity contribution in [2.45, 2.75) is 6.18 Å². The van der Waals surface area contributed by atoms with Crippen molar-refractivity contribution in [2.24, 2.45) is 0 Å². The van der Waals surface area contributed by atoms with Gasteiger partial charge in [-0.3, -0.25) is 0 Å². The van der Waals surface area contributed by atoms with E-state index in [9.17, 15) is 13.2 Å². The number of hydrogen-bond acceptors (Lipinski definition) is 3. The van der Waals surface area contributed by atoms with E-state index in [0.29, 0.717) is 0 Å². The van der Waals surface area contributed by atoms with Gasteiger partial charge in [-0.25, -0.2) is 9.97 Å². The Kier molecular flexibility index (Phi) is 2.79. The van der Waals surface area contributed by atoms with Gasteiger partial charge in [0.15, 0.2) is 0 Å². The summed E-state index contributed by atoms with van der Waals surface area (Å²) in [6.07, 6.45) is -4.68. The fraction of sp³-hybridized carbons (Fsp3) is 0.111. The zero-order valence-corrected chi connectivity index (χ0v) is 9.53. The molecule has 17 heavy (non-hydrogen) atoms. The highest BCUT2D eigenvalue weighted by atomic mass is 35.5. The maximum absolute atomic E-state index is 12.5. The maximum Gasteiger partial charge on any atom is 0.451 e. The predicted octanol–water partition coefficient (Wildman–Crippen LogP) is 3.54. The zero-order valence-electron chi connectivity index (χ0n) is 8.02. The summed E-state index contributed by atoms with van der Waals surface area (Å²) in [7, 11) is 0. The van der Waals surface area contributed by atoms with Crippen LogP contribution in [0.1, 0.15) is 5.82 Å². The lowest BCUT2D eigenvalue weighted by Gasteiger charge is -2.09. The molecule has 0 radical (unpaired) electrons. The third-order valence-electron chi connectivity index (χ3n) is 2.00. The second-order valence-electron chi connectivity index (χ2n) is 3.21. The first-order valence-corrected chi connectivity index (χ1v) is 5.04. The van der Waals surface area contributed by atoms with Crippen LogP contribution in [0.5, 0.6) is 0 Å². The molecule has 0 saturated heterocycles. The lowest BCUT2D eigenvalue weighted by molar-refractivity contribution is -0.144. The van der Waals surface area contributed by atoms with Crippen LogP contribution in [-0.2, 0) is 6.18 Å². The molecule has 0 spiro atoms. The van der Waals surface area contributed by atoms with Crippen LogP contribution >= 0.6 is 23.2 Å². The maximum atomic E-state index is 12.5. The van der Waals surface area contributed by atoms with Crippen LogP contribution in [0.2, 0.25) is 10.0 Å². The van der Waals surface area contributed by atoms with Crippen molar-refractivity contribution in [3.8, 4) is 0 Å². The van der Waals surface area contributed by atoms with E-state index in [0.717, 1.165) is 0 Å². The summed E-state index contributed by atoms with van der Waals surface area (Å²) in [6.45, 7) is 0. The monoisotopic (exact) mass is 281 g/mol. The summed E-state index contributed by atoms with van der Waals surface area (Å²) in [5, 5.41) is 0.431. The van der Waals surface area contributed by atoms with E-state index in [2.05, 4.69) is 9.97 Å². The number of aromatic nitrogens is 2. The minimum absolute atomic E-state index is 0.00731. The highest BCUT2D eigenvalue weighted by molar-refractivity contribution is 6.38. The second kappa shape index (κ2) is 3.89. The van der Waals surface area contributed by atoms with Crippen molar-refractivity contribution in [3.05, 3.63) is 28.0 Å². The van der Waals surface area contributed by atoms with E-state index < -0.39 is 12.0 Å². The highest BCUT2D eigenvalue weighted by Gasteiger charge is 2.35. The van der Waals surface area contributed by atoms with Gasteiger partial charge in [0.25, 0.3) is 0 Å². The molecule has 0 aliphatic heterocycles. The van der Waals surface area contributed by atoms with Crippen LogP contribution < -0.4 is 5.73 Å². The Balaban J connectivity index is 2.83. The molecule has 2 aromatic rings. The topological polar surface area (TPSA) is 51.8 Å². The SMILES string of the molecule is Nc1nc(C(F)(F)F)nc2c(Cl)cc(Cl)cc12. The molecule has 0 bridgehead atoms. The van der Waals surface area contributed by atoms with Gasteiger partial charge in [-0.05, 0) is 12.1 Å². The van der Waals surface area contributed by atoms with Crippen molar-refractivity contribution >= 4 is 39.9 Å². The number of nitrogen functional groups attached to an aromatic ring is 1. The van der Waals surface area contributed by atoms with Gasteiger partial charge in [-0.2, -0.15) is 13.2 Å². The quantitative estimate of drug-likeness (QED) is 0.804. The molecule has 2 rings (SSSR count). The molecule has 90 valence electrons. The Morgan fingerprint density at radius 3 is 2.35 bits per heavy atom. The minimum atomic E-state index is -4.68. The Morgan fingerprint density at radius 2 is 1.76 bits per heavy atom. The Morgan fingerprint density at radius 1 is 1.12 bits per heavy atom. The highest BCUT2D eigenvalue weighted by Crippen LogP contribution is 2.33. The molecule has 3 nitrogen and oxygen atoms in total. The number of rotatable bonds is 0. The van der Waals surface area contributed by atoms with Gasteiger partial charge in [0.2, 0.25) is 5.82 Å². The predicted molar refractivity (Wildman–Crippen MR) is 59.0 cm³/mol. The molecular weight excluding hydrogens is 278 g/mol. The number of fused-ring (bicyclic) bond motifs is 1. The van der Waals surface area contributed by atoms with Gasteiger partial charge < -0.3 is 5.73 Å².